The predicted molar refractivity (Wildman–Crippen MR) is 89.1 cm³/mol. The summed E-state index contributed by atoms with van der Waals surface area (Å²) in [7, 11) is 1.35. The first-order valence-electron chi connectivity index (χ1n) is 6.99. The van der Waals surface area contributed by atoms with E-state index in [1.807, 2.05) is 12.1 Å². The van der Waals surface area contributed by atoms with Crippen molar-refractivity contribution in [2.45, 2.75) is 0 Å². The molecule has 0 aliphatic heterocycles. The topological polar surface area (TPSA) is 79.8 Å². The van der Waals surface area contributed by atoms with Gasteiger partial charge >= 0.3 is 0 Å². The number of benzene rings is 2. The molecular formula is C17H17N3O3. The van der Waals surface area contributed by atoms with Crippen LogP contribution in [0.5, 0.6) is 0 Å². The third-order valence-electron chi connectivity index (χ3n) is 2.96. The Morgan fingerprint density at radius 3 is 1.74 bits per heavy atom. The molecule has 6 heteroatoms. The van der Waals surface area contributed by atoms with E-state index in [0.29, 0.717) is 11.4 Å². The molecule has 2 aromatic rings. The standard InChI is InChI=1S/C17H17N3O3/c1-23-18-12-15(16(21)19-13-8-4-2-5-9-13)17(22)20-14-10-6-3-7-11-14/h2-12,15H,1H3,(H,19,21)(H,20,22)/b18-12+. The second kappa shape index (κ2) is 8.33. The molecule has 0 bridgehead atoms. The molecular weight excluding hydrogens is 294 g/mol. The molecule has 118 valence electrons. The quantitative estimate of drug-likeness (QED) is 0.489. The first-order chi connectivity index (χ1) is 11.2. The van der Waals surface area contributed by atoms with E-state index in [2.05, 4.69) is 20.6 Å². The summed E-state index contributed by atoms with van der Waals surface area (Å²) < 4.78 is 0. The summed E-state index contributed by atoms with van der Waals surface area (Å²) in [5, 5.41) is 8.89. The third kappa shape index (κ3) is 4.96. The molecule has 0 saturated carbocycles. The minimum Gasteiger partial charge on any atom is -0.399 e. The fourth-order valence-electron chi connectivity index (χ4n) is 1.86. The van der Waals surface area contributed by atoms with Gasteiger partial charge in [-0.15, -0.1) is 0 Å². The van der Waals surface area contributed by atoms with Crippen molar-refractivity contribution in [2.24, 2.45) is 11.1 Å². The van der Waals surface area contributed by atoms with Crippen LogP contribution in [0.3, 0.4) is 0 Å². The number of hydrogen-bond donors (Lipinski definition) is 2. The van der Waals surface area contributed by atoms with Crippen LogP contribution in [-0.4, -0.2) is 25.1 Å². The molecule has 2 N–H and O–H groups in total. The van der Waals surface area contributed by atoms with Crippen molar-refractivity contribution in [1.29, 1.82) is 0 Å². The van der Waals surface area contributed by atoms with Crippen molar-refractivity contribution in [2.75, 3.05) is 17.7 Å². The first kappa shape index (κ1) is 16.2. The molecule has 2 aromatic carbocycles. The van der Waals surface area contributed by atoms with Gasteiger partial charge in [-0.3, -0.25) is 9.59 Å². The van der Waals surface area contributed by atoms with Gasteiger partial charge in [-0.1, -0.05) is 41.6 Å². The summed E-state index contributed by atoms with van der Waals surface area (Å²) in [4.78, 5) is 29.2. The average molecular weight is 311 g/mol. The Labute approximate surface area is 134 Å². The van der Waals surface area contributed by atoms with Gasteiger partial charge in [0.2, 0.25) is 11.8 Å². The van der Waals surface area contributed by atoms with Crippen molar-refractivity contribution >= 4 is 29.4 Å². The first-order valence-corrected chi connectivity index (χ1v) is 6.99. The van der Waals surface area contributed by atoms with Crippen molar-refractivity contribution in [3.8, 4) is 0 Å². The lowest BCUT2D eigenvalue weighted by atomic mass is 10.1. The van der Waals surface area contributed by atoms with Gasteiger partial charge in [0, 0.05) is 11.4 Å². The van der Waals surface area contributed by atoms with Crippen molar-refractivity contribution in [3.05, 3.63) is 60.7 Å². The largest absolute Gasteiger partial charge is 0.399 e. The predicted octanol–water partition coefficient (Wildman–Crippen LogP) is 2.51. The number of anilines is 2. The Bertz CT molecular complexity index is 618. The zero-order valence-corrected chi connectivity index (χ0v) is 12.6. The second-order valence-electron chi connectivity index (χ2n) is 4.63. The molecule has 0 spiro atoms. The van der Waals surface area contributed by atoms with E-state index in [4.69, 9.17) is 0 Å². The highest BCUT2D eigenvalue weighted by Crippen LogP contribution is 2.11. The van der Waals surface area contributed by atoms with Crippen molar-refractivity contribution in [3.63, 3.8) is 0 Å². The molecule has 2 rings (SSSR count). The molecule has 0 atom stereocenters. The van der Waals surface area contributed by atoms with Gasteiger partial charge in [0.1, 0.15) is 7.11 Å². The average Bonchev–Trinajstić information content (AvgIpc) is 2.57. The zero-order valence-electron chi connectivity index (χ0n) is 12.6. The fraction of sp³-hybridized carbons (Fsp3) is 0.118. The molecule has 2 amide bonds. The van der Waals surface area contributed by atoms with Crippen molar-refractivity contribution < 1.29 is 14.4 Å². The zero-order chi connectivity index (χ0) is 16.5. The maximum Gasteiger partial charge on any atom is 0.242 e. The minimum absolute atomic E-state index is 0.495. The number of nitrogens with zero attached hydrogens (tertiary/aromatic N) is 1. The SMILES string of the molecule is CO/N=C/C(C(=O)Nc1ccccc1)C(=O)Nc1ccccc1. The monoisotopic (exact) mass is 311 g/mol. The molecule has 0 aliphatic carbocycles. The Morgan fingerprint density at radius 2 is 1.35 bits per heavy atom. The van der Waals surface area contributed by atoms with Crippen LogP contribution >= 0.6 is 0 Å². The van der Waals surface area contributed by atoms with Crippen LogP contribution in [0.2, 0.25) is 0 Å². The number of amides is 2. The molecule has 6 nitrogen and oxygen atoms in total. The minimum atomic E-state index is -1.12. The third-order valence-corrected chi connectivity index (χ3v) is 2.96. The van der Waals surface area contributed by atoms with E-state index in [1.165, 1.54) is 7.11 Å². The van der Waals surface area contributed by atoms with Gasteiger partial charge in [-0.05, 0) is 24.3 Å². The Kier molecular flexibility index (Phi) is 5.88. The molecule has 0 aliphatic rings. The second-order valence-corrected chi connectivity index (χ2v) is 4.63. The van der Waals surface area contributed by atoms with Gasteiger partial charge < -0.3 is 15.5 Å². The molecule has 0 radical (unpaired) electrons. The maximum absolute atomic E-state index is 12.3. The van der Waals surface area contributed by atoms with Gasteiger partial charge in [0.15, 0.2) is 5.92 Å². The summed E-state index contributed by atoms with van der Waals surface area (Å²) in [6, 6.07) is 17.8. The maximum atomic E-state index is 12.3. The lowest BCUT2D eigenvalue weighted by Gasteiger charge is -2.13. The van der Waals surface area contributed by atoms with E-state index in [-0.39, 0.29) is 0 Å². The summed E-state index contributed by atoms with van der Waals surface area (Å²) in [5.41, 5.74) is 1.20. The number of oxime groups is 1. The molecule has 0 unspecified atom stereocenters. The number of para-hydroxylation sites is 2. The number of nitrogens with one attached hydrogen (secondary N) is 2. The van der Waals surface area contributed by atoms with E-state index < -0.39 is 17.7 Å². The van der Waals surface area contributed by atoms with Crippen LogP contribution in [0, 0.1) is 5.92 Å². The molecule has 23 heavy (non-hydrogen) atoms. The summed E-state index contributed by atoms with van der Waals surface area (Å²) in [5.74, 6) is -2.11. The smallest absolute Gasteiger partial charge is 0.242 e. The van der Waals surface area contributed by atoms with E-state index >= 15 is 0 Å². The fourth-order valence-corrected chi connectivity index (χ4v) is 1.86. The van der Waals surface area contributed by atoms with Crippen LogP contribution in [0.4, 0.5) is 11.4 Å². The lowest BCUT2D eigenvalue weighted by Crippen LogP contribution is -2.35. The normalized spacial score (nSPS) is 10.5. The molecule has 0 saturated heterocycles. The van der Waals surface area contributed by atoms with Crippen LogP contribution in [0.25, 0.3) is 0 Å². The van der Waals surface area contributed by atoms with Crippen LogP contribution < -0.4 is 10.6 Å². The van der Waals surface area contributed by atoms with Gasteiger partial charge in [0.05, 0.1) is 6.21 Å². The summed E-state index contributed by atoms with van der Waals surface area (Å²) in [6.07, 6.45) is 1.16. The number of carbonyl (C=O) groups excluding carboxylic acids is 2. The van der Waals surface area contributed by atoms with Crippen LogP contribution in [0.1, 0.15) is 0 Å². The number of carbonyl (C=O) groups is 2. The van der Waals surface area contributed by atoms with E-state index in [1.54, 1.807) is 48.5 Å². The highest BCUT2D eigenvalue weighted by molar-refractivity contribution is 6.20. The molecule has 0 aromatic heterocycles. The summed E-state index contributed by atoms with van der Waals surface area (Å²) >= 11 is 0. The summed E-state index contributed by atoms with van der Waals surface area (Å²) in [6.45, 7) is 0. The number of hydrogen-bond acceptors (Lipinski definition) is 4. The molecule has 0 fully saturated rings. The Balaban J connectivity index is 2.10. The van der Waals surface area contributed by atoms with Crippen LogP contribution in [-0.2, 0) is 14.4 Å². The highest BCUT2D eigenvalue weighted by Gasteiger charge is 2.25. The van der Waals surface area contributed by atoms with E-state index in [9.17, 15) is 9.59 Å². The highest BCUT2D eigenvalue weighted by atomic mass is 16.6. The van der Waals surface area contributed by atoms with Crippen molar-refractivity contribution in [1.82, 2.24) is 0 Å². The van der Waals surface area contributed by atoms with Gasteiger partial charge in [-0.2, -0.15) is 0 Å². The Hall–Kier alpha value is -3.15. The molecule has 0 heterocycles. The van der Waals surface area contributed by atoms with Gasteiger partial charge in [0.25, 0.3) is 0 Å². The van der Waals surface area contributed by atoms with Crippen LogP contribution in [0.15, 0.2) is 65.8 Å². The number of rotatable bonds is 6. The van der Waals surface area contributed by atoms with E-state index in [0.717, 1.165) is 6.21 Å². The Morgan fingerprint density at radius 1 is 0.913 bits per heavy atom. The van der Waals surface area contributed by atoms with Gasteiger partial charge in [-0.25, -0.2) is 0 Å². The lowest BCUT2D eigenvalue weighted by molar-refractivity contribution is -0.126.